The van der Waals surface area contributed by atoms with Crippen LogP contribution in [0.5, 0.6) is 0 Å². The highest BCUT2D eigenvalue weighted by atomic mass is 79.9. The van der Waals surface area contributed by atoms with Gasteiger partial charge in [-0.05, 0) is 62.2 Å². The quantitative estimate of drug-likeness (QED) is 0.267. The molecule has 2 heterocycles. The normalized spacial score (nSPS) is 11.6. The van der Waals surface area contributed by atoms with Crippen molar-refractivity contribution < 1.29 is 22.8 Å². The lowest BCUT2D eigenvalue weighted by atomic mass is 10.1. The average molecular weight is 588 g/mol. The van der Waals surface area contributed by atoms with Gasteiger partial charge in [-0.25, -0.2) is 4.98 Å². The zero-order valence-corrected chi connectivity index (χ0v) is 22.5. The van der Waals surface area contributed by atoms with Gasteiger partial charge in [0.1, 0.15) is 5.69 Å². The number of alkyl halides is 3. The van der Waals surface area contributed by atoms with Crippen LogP contribution in [0.25, 0.3) is 10.9 Å². The molecule has 0 aliphatic rings. The van der Waals surface area contributed by atoms with E-state index in [0.29, 0.717) is 40.2 Å². The highest BCUT2D eigenvalue weighted by Gasteiger charge is 2.34. The Labute approximate surface area is 225 Å². The second-order valence-corrected chi connectivity index (χ2v) is 9.74. The molecular formula is C27H25BrF3N5O2. The highest BCUT2D eigenvalue weighted by molar-refractivity contribution is 9.10. The van der Waals surface area contributed by atoms with E-state index in [0.717, 1.165) is 18.1 Å². The summed E-state index contributed by atoms with van der Waals surface area (Å²) in [6, 6.07) is 12.5. The first-order valence-corrected chi connectivity index (χ1v) is 12.7. The van der Waals surface area contributed by atoms with Crippen LogP contribution in [-0.2, 0) is 12.7 Å². The van der Waals surface area contributed by atoms with E-state index in [1.165, 1.54) is 6.07 Å². The molecule has 0 radical (unpaired) electrons. The van der Waals surface area contributed by atoms with Gasteiger partial charge >= 0.3 is 6.18 Å². The molecule has 2 amide bonds. The van der Waals surface area contributed by atoms with Gasteiger partial charge in [-0.1, -0.05) is 35.0 Å². The molecule has 0 aliphatic carbocycles. The molecule has 0 bridgehead atoms. The molecule has 0 unspecified atom stereocenters. The van der Waals surface area contributed by atoms with Crippen molar-refractivity contribution >= 4 is 44.3 Å². The fourth-order valence-corrected chi connectivity index (χ4v) is 4.38. The van der Waals surface area contributed by atoms with E-state index in [1.807, 2.05) is 19.1 Å². The van der Waals surface area contributed by atoms with Gasteiger partial charge in [-0.2, -0.15) is 18.3 Å². The average Bonchev–Trinajstić information content (AvgIpc) is 3.13. The lowest BCUT2D eigenvalue weighted by Crippen LogP contribution is -2.23. The van der Waals surface area contributed by atoms with Gasteiger partial charge in [0.25, 0.3) is 11.8 Å². The summed E-state index contributed by atoms with van der Waals surface area (Å²) in [5.41, 5.74) is 1.78. The minimum absolute atomic E-state index is 0.0594. The maximum Gasteiger partial charge on any atom is 0.433 e. The summed E-state index contributed by atoms with van der Waals surface area (Å²) in [6.07, 6.45) is -3.86. The molecule has 198 valence electrons. The molecule has 0 aliphatic heterocycles. The Morgan fingerprint density at radius 1 is 1.03 bits per heavy atom. The molecule has 11 heteroatoms. The summed E-state index contributed by atoms with van der Waals surface area (Å²) in [6.45, 7) is 6.44. The van der Waals surface area contributed by atoms with Crippen LogP contribution in [0, 0.1) is 13.8 Å². The van der Waals surface area contributed by atoms with E-state index in [9.17, 15) is 22.8 Å². The lowest BCUT2D eigenvalue weighted by Gasteiger charge is -2.13. The third-order valence-electron chi connectivity index (χ3n) is 6.01. The largest absolute Gasteiger partial charge is 0.433 e. The predicted octanol–water partition coefficient (Wildman–Crippen LogP) is 6.27. The molecule has 0 atom stereocenters. The number of carbonyl (C=O) groups is 2. The van der Waals surface area contributed by atoms with Crippen molar-refractivity contribution in [1.82, 2.24) is 20.1 Å². The molecule has 2 aromatic heterocycles. The second-order valence-electron chi connectivity index (χ2n) is 8.82. The number of amides is 2. The Bertz CT molecular complexity index is 1510. The number of fused-ring (bicyclic) bond motifs is 1. The van der Waals surface area contributed by atoms with Crippen molar-refractivity contribution in [3.8, 4) is 0 Å². The fourth-order valence-electron chi connectivity index (χ4n) is 4.02. The molecule has 0 saturated carbocycles. The zero-order valence-electron chi connectivity index (χ0n) is 20.9. The van der Waals surface area contributed by atoms with Crippen LogP contribution < -0.4 is 10.6 Å². The topological polar surface area (TPSA) is 88.9 Å². The number of rotatable bonds is 7. The number of benzene rings is 2. The number of nitrogens with one attached hydrogen (secondary N) is 2. The maximum atomic E-state index is 13.5. The number of nitrogens with zero attached hydrogens (tertiary/aromatic N) is 3. The number of carbonyl (C=O) groups excluding carboxylic acids is 2. The SMILES string of the molecule is CCCNC(=O)c1ccc(Cn2nc(C)c(NC(=O)c3cc(C(F)(F)F)nc4ccc(Br)cc34)c2C)cc1. The summed E-state index contributed by atoms with van der Waals surface area (Å²) in [7, 11) is 0. The molecule has 0 fully saturated rings. The Hall–Kier alpha value is -3.73. The van der Waals surface area contributed by atoms with Gasteiger partial charge in [0.15, 0.2) is 0 Å². The van der Waals surface area contributed by atoms with Gasteiger partial charge in [0, 0.05) is 22.0 Å². The zero-order chi connectivity index (χ0) is 27.6. The van der Waals surface area contributed by atoms with Crippen molar-refractivity contribution in [3.05, 3.63) is 86.8 Å². The first-order chi connectivity index (χ1) is 18.0. The molecule has 38 heavy (non-hydrogen) atoms. The Kier molecular flexibility index (Phi) is 7.86. The molecule has 0 saturated heterocycles. The van der Waals surface area contributed by atoms with Crippen LogP contribution >= 0.6 is 15.9 Å². The van der Waals surface area contributed by atoms with E-state index in [-0.39, 0.29) is 22.4 Å². The van der Waals surface area contributed by atoms with E-state index in [2.05, 4.69) is 36.6 Å². The summed E-state index contributed by atoms with van der Waals surface area (Å²) >= 11 is 3.30. The minimum Gasteiger partial charge on any atom is -0.352 e. The number of hydrogen-bond donors (Lipinski definition) is 2. The van der Waals surface area contributed by atoms with Crippen LogP contribution in [-0.4, -0.2) is 33.1 Å². The van der Waals surface area contributed by atoms with Crippen LogP contribution in [0.1, 0.15) is 56.7 Å². The lowest BCUT2D eigenvalue weighted by molar-refractivity contribution is -0.140. The van der Waals surface area contributed by atoms with Crippen LogP contribution in [0.4, 0.5) is 18.9 Å². The number of aromatic nitrogens is 3. The second kappa shape index (κ2) is 10.9. The van der Waals surface area contributed by atoms with E-state index in [1.54, 1.807) is 42.8 Å². The summed E-state index contributed by atoms with van der Waals surface area (Å²) in [5, 5.41) is 10.4. The number of hydrogen-bond acceptors (Lipinski definition) is 4. The first kappa shape index (κ1) is 27.3. The first-order valence-electron chi connectivity index (χ1n) is 11.9. The molecule has 4 rings (SSSR count). The van der Waals surface area contributed by atoms with Crippen molar-refractivity contribution in [2.75, 3.05) is 11.9 Å². The molecule has 0 spiro atoms. The van der Waals surface area contributed by atoms with Gasteiger partial charge in [0.2, 0.25) is 0 Å². The smallest absolute Gasteiger partial charge is 0.352 e. The standard InChI is InChI=1S/C27H25BrF3N5O2/c1-4-11-32-25(37)18-7-5-17(6-8-18)14-36-16(3)24(15(2)35-36)34-26(38)21-13-23(27(29,30)31)33-22-10-9-19(28)12-20(21)22/h5-10,12-13H,4,11,14H2,1-3H3,(H,32,37)(H,34,38). The molecule has 2 N–H and O–H groups in total. The molecule has 7 nitrogen and oxygen atoms in total. The van der Waals surface area contributed by atoms with Crippen molar-refractivity contribution in [2.45, 2.75) is 39.9 Å². The Morgan fingerprint density at radius 2 is 1.74 bits per heavy atom. The number of anilines is 1. The van der Waals surface area contributed by atoms with Gasteiger partial charge < -0.3 is 10.6 Å². The van der Waals surface area contributed by atoms with E-state index < -0.39 is 17.8 Å². The third kappa shape index (κ3) is 5.88. The van der Waals surface area contributed by atoms with Crippen molar-refractivity contribution in [3.63, 3.8) is 0 Å². The van der Waals surface area contributed by atoms with Crippen LogP contribution in [0.2, 0.25) is 0 Å². The van der Waals surface area contributed by atoms with Crippen molar-refractivity contribution in [1.29, 1.82) is 0 Å². The molecule has 4 aromatic rings. The molecule has 2 aromatic carbocycles. The van der Waals surface area contributed by atoms with E-state index in [4.69, 9.17) is 0 Å². The summed E-state index contributed by atoms with van der Waals surface area (Å²) in [4.78, 5) is 29.1. The highest BCUT2D eigenvalue weighted by Crippen LogP contribution is 2.32. The Balaban J connectivity index is 1.60. The number of aryl methyl sites for hydroxylation is 1. The summed E-state index contributed by atoms with van der Waals surface area (Å²) in [5.74, 6) is -0.840. The molecular weight excluding hydrogens is 563 g/mol. The van der Waals surface area contributed by atoms with Gasteiger partial charge in [-0.15, -0.1) is 0 Å². The maximum absolute atomic E-state index is 13.5. The monoisotopic (exact) mass is 587 g/mol. The van der Waals surface area contributed by atoms with Crippen molar-refractivity contribution in [2.24, 2.45) is 0 Å². The minimum atomic E-state index is -4.71. The van der Waals surface area contributed by atoms with E-state index >= 15 is 0 Å². The van der Waals surface area contributed by atoms with Gasteiger partial charge in [-0.3, -0.25) is 14.3 Å². The van der Waals surface area contributed by atoms with Gasteiger partial charge in [0.05, 0.1) is 34.7 Å². The number of pyridine rings is 1. The Morgan fingerprint density at radius 3 is 2.39 bits per heavy atom. The van der Waals surface area contributed by atoms with Crippen LogP contribution in [0.15, 0.2) is 53.0 Å². The number of halogens is 4. The third-order valence-corrected chi connectivity index (χ3v) is 6.50. The fraction of sp³-hybridized carbons (Fsp3) is 0.259. The van der Waals surface area contributed by atoms with Crippen LogP contribution in [0.3, 0.4) is 0 Å². The predicted molar refractivity (Wildman–Crippen MR) is 142 cm³/mol. The summed E-state index contributed by atoms with van der Waals surface area (Å²) < 4.78 is 42.8.